The van der Waals surface area contributed by atoms with Gasteiger partial charge in [-0.2, -0.15) is 0 Å². The lowest BCUT2D eigenvalue weighted by Gasteiger charge is -2.48. The zero-order valence-corrected chi connectivity index (χ0v) is 32.2. The predicted octanol–water partition coefficient (Wildman–Crippen LogP) is 14.7. The highest BCUT2D eigenvalue weighted by molar-refractivity contribution is 4.95. The smallest absolute Gasteiger partial charge is 0.0831 e. The zero-order chi connectivity index (χ0) is 33.3. The first-order valence-electron chi connectivity index (χ1n) is 21.1. The lowest BCUT2D eigenvalue weighted by molar-refractivity contribution is -0.0927. The molecule has 0 aliphatic heterocycles. The highest BCUT2D eigenvalue weighted by Crippen LogP contribution is 2.49. The third-order valence-corrected chi connectivity index (χ3v) is 11.3. The fourth-order valence-electron chi connectivity index (χ4n) is 7.86. The first kappa shape index (κ1) is 44.9. The van der Waals surface area contributed by atoms with Crippen LogP contribution in [0.2, 0.25) is 0 Å². The summed E-state index contributed by atoms with van der Waals surface area (Å²) in [4.78, 5) is 0. The molecule has 0 aromatic carbocycles. The SMILES string of the molecule is CCCCCCCCCCCCCCCCCCC(CCCCCCCCCCCCCCCCCC)(C(O)CO)C(C)(C)C. The first-order valence-corrected chi connectivity index (χ1v) is 21.1. The van der Waals surface area contributed by atoms with E-state index in [9.17, 15) is 10.2 Å². The van der Waals surface area contributed by atoms with E-state index in [2.05, 4.69) is 34.6 Å². The van der Waals surface area contributed by atoms with Gasteiger partial charge in [0.1, 0.15) is 0 Å². The third kappa shape index (κ3) is 25.6. The van der Waals surface area contributed by atoms with Crippen molar-refractivity contribution < 1.29 is 10.2 Å². The molecular formula is C43H88O2. The quantitative estimate of drug-likeness (QED) is 0.0672. The molecule has 1 atom stereocenters. The van der Waals surface area contributed by atoms with Crippen LogP contribution in [0, 0.1) is 10.8 Å². The highest BCUT2D eigenvalue weighted by atomic mass is 16.3. The Morgan fingerprint density at radius 2 is 0.556 bits per heavy atom. The van der Waals surface area contributed by atoms with Crippen molar-refractivity contribution in [2.24, 2.45) is 10.8 Å². The molecule has 2 heteroatoms. The summed E-state index contributed by atoms with van der Waals surface area (Å²) in [7, 11) is 0. The predicted molar refractivity (Wildman–Crippen MR) is 203 cm³/mol. The Labute approximate surface area is 286 Å². The van der Waals surface area contributed by atoms with Gasteiger partial charge in [0.2, 0.25) is 0 Å². The molecule has 0 heterocycles. The van der Waals surface area contributed by atoms with E-state index in [-0.39, 0.29) is 17.4 Å². The van der Waals surface area contributed by atoms with Crippen LogP contribution < -0.4 is 0 Å². The van der Waals surface area contributed by atoms with Gasteiger partial charge in [0.15, 0.2) is 0 Å². The summed E-state index contributed by atoms with van der Waals surface area (Å²) in [6.45, 7) is 11.4. The molecule has 0 amide bonds. The molecule has 2 nitrogen and oxygen atoms in total. The molecule has 0 radical (unpaired) electrons. The molecule has 2 N–H and O–H groups in total. The van der Waals surface area contributed by atoms with E-state index in [0.717, 1.165) is 12.8 Å². The van der Waals surface area contributed by atoms with Gasteiger partial charge in [-0.1, -0.05) is 240 Å². The maximum Gasteiger partial charge on any atom is 0.0831 e. The standard InChI is InChI=1S/C43H88O2/c1-6-8-10-12-14-16-18-20-22-24-26-28-30-32-34-36-38-43(41(45)40-44,42(3,4)5)39-37-35-33-31-29-27-25-23-21-19-17-15-13-11-9-7-2/h41,44-45H,6-40H2,1-5H3. The first-order chi connectivity index (χ1) is 21.9. The largest absolute Gasteiger partial charge is 0.394 e. The van der Waals surface area contributed by atoms with Gasteiger partial charge in [0.05, 0.1) is 12.7 Å². The molecule has 0 fully saturated rings. The van der Waals surface area contributed by atoms with Gasteiger partial charge in [-0.15, -0.1) is 0 Å². The second kappa shape index (κ2) is 32.5. The molecule has 0 aliphatic carbocycles. The molecule has 1 unspecified atom stereocenters. The molecule has 0 saturated heterocycles. The summed E-state index contributed by atoms with van der Waals surface area (Å²) in [6, 6.07) is 0. The van der Waals surface area contributed by atoms with Crippen LogP contribution in [0.3, 0.4) is 0 Å². The summed E-state index contributed by atoms with van der Waals surface area (Å²) in [6.07, 6.45) is 46.0. The van der Waals surface area contributed by atoms with Gasteiger partial charge in [0, 0.05) is 5.41 Å². The minimum atomic E-state index is -0.606. The van der Waals surface area contributed by atoms with Crippen molar-refractivity contribution in [3.05, 3.63) is 0 Å². The Morgan fingerprint density at radius 3 is 0.733 bits per heavy atom. The number of aliphatic hydroxyl groups excluding tert-OH is 2. The van der Waals surface area contributed by atoms with Crippen LogP contribution in [-0.4, -0.2) is 22.9 Å². The van der Waals surface area contributed by atoms with E-state index in [1.54, 1.807) is 0 Å². The molecule has 0 aromatic heterocycles. The minimum absolute atomic E-state index is 0.000159. The number of hydrogen-bond donors (Lipinski definition) is 2. The van der Waals surface area contributed by atoms with Crippen molar-refractivity contribution >= 4 is 0 Å². The second-order valence-electron chi connectivity index (χ2n) is 16.2. The molecular weight excluding hydrogens is 548 g/mol. The maximum absolute atomic E-state index is 11.1. The Morgan fingerprint density at radius 1 is 0.356 bits per heavy atom. The maximum atomic E-state index is 11.1. The van der Waals surface area contributed by atoms with Crippen molar-refractivity contribution in [1.82, 2.24) is 0 Å². The lowest BCUT2D eigenvalue weighted by atomic mass is 9.58. The van der Waals surface area contributed by atoms with Crippen LogP contribution in [0.5, 0.6) is 0 Å². The molecule has 45 heavy (non-hydrogen) atoms. The zero-order valence-electron chi connectivity index (χ0n) is 32.2. The summed E-state index contributed by atoms with van der Waals surface area (Å²) in [5, 5.41) is 21.2. The van der Waals surface area contributed by atoms with Gasteiger partial charge < -0.3 is 10.2 Å². The lowest BCUT2D eigenvalue weighted by Crippen LogP contribution is -2.47. The molecule has 0 rings (SSSR count). The van der Waals surface area contributed by atoms with E-state index >= 15 is 0 Å². The van der Waals surface area contributed by atoms with Gasteiger partial charge in [-0.05, 0) is 18.3 Å². The van der Waals surface area contributed by atoms with E-state index < -0.39 is 6.10 Å². The van der Waals surface area contributed by atoms with E-state index in [1.807, 2.05) is 0 Å². The topological polar surface area (TPSA) is 40.5 Å². The van der Waals surface area contributed by atoms with Crippen molar-refractivity contribution in [1.29, 1.82) is 0 Å². The van der Waals surface area contributed by atoms with Crippen LogP contribution in [0.15, 0.2) is 0 Å². The van der Waals surface area contributed by atoms with Crippen LogP contribution in [-0.2, 0) is 0 Å². The summed E-state index contributed by atoms with van der Waals surface area (Å²) in [5.74, 6) is 0. The van der Waals surface area contributed by atoms with Crippen LogP contribution in [0.1, 0.15) is 253 Å². The molecule has 0 aromatic rings. The number of unbranched alkanes of at least 4 members (excludes halogenated alkanes) is 30. The fraction of sp³-hybridized carbons (Fsp3) is 1.00. The third-order valence-electron chi connectivity index (χ3n) is 11.3. The van der Waals surface area contributed by atoms with Gasteiger partial charge in [-0.3, -0.25) is 0 Å². The Balaban J connectivity index is 4.00. The number of rotatable bonds is 36. The van der Waals surface area contributed by atoms with E-state index in [0.29, 0.717) is 0 Å². The fourth-order valence-corrected chi connectivity index (χ4v) is 7.86. The summed E-state index contributed by atoms with van der Waals surface area (Å²) < 4.78 is 0. The van der Waals surface area contributed by atoms with Crippen LogP contribution >= 0.6 is 0 Å². The molecule has 0 spiro atoms. The number of aliphatic hydroxyl groups is 2. The van der Waals surface area contributed by atoms with Crippen LogP contribution in [0.4, 0.5) is 0 Å². The summed E-state index contributed by atoms with van der Waals surface area (Å²) in [5.41, 5.74) is -0.173. The van der Waals surface area contributed by atoms with Gasteiger partial charge in [-0.25, -0.2) is 0 Å². The average Bonchev–Trinajstić information content (AvgIpc) is 3.02. The Bertz CT molecular complexity index is 529. The van der Waals surface area contributed by atoms with E-state index in [4.69, 9.17) is 0 Å². The van der Waals surface area contributed by atoms with Crippen molar-refractivity contribution in [3.63, 3.8) is 0 Å². The Hall–Kier alpha value is -0.0800. The van der Waals surface area contributed by atoms with Crippen molar-refractivity contribution in [3.8, 4) is 0 Å². The molecule has 0 bridgehead atoms. The van der Waals surface area contributed by atoms with E-state index in [1.165, 1.54) is 205 Å². The number of hydrogen-bond acceptors (Lipinski definition) is 2. The second-order valence-corrected chi connectivity index (χ2v) is 16.2. The average molecular weight is 637 g/mol. The van der Waals surface area contributed by atoms with Gasteiger partial charge >= 0.3 is 0 Å². The summed E-state index contributed by atoms with van der Waals surface area (Å²) >= 11 is 0. The minimum Gasteiger partial charge on any atom is -0.394 e. The highest BCUT2D eigenvalue weighted by Gasteiger charge is 2.46. The van der Waals surface area contributed by atoms with Crippen molar-refractivity contribution in [2.45, 2.75) is 259 Å². The Kier molecular flexibility index (Phi) is 32.4. The van der Waals surface area contributed by atoms with Crippen LogP contribution in [0.25, 0.3) is 0 Å². The normalized spacial score (nSPS) is 13.1. The van der Waals surface area contributed by atoms with Crippen molar-refractivity contribution in [2.75, 3.05) is 6.61 Å². The monoisotopic (exact) mass is 637 g/mol. The van der Waals surface area contributed by atoms with Gasteiger partial charge in [0.25, 0.3) is 0 Å². The molecule has 0 aliphatic rings. The molecule has 0 saturated carbocycles. The molecule has 272 valence electrons.